The van der Waals surface area contributed by atoms with Crippen LogP contribution in [0.1, 0.15) is 81.0 Å². The summed E-state index contributed by atoms with van der Waals surface area (Å²) >= 11 is 0. The van der Waals surface area contributed by atoms with Gasteiger partial charge in [0.05, 0.1) is 12.1 Å². The van der Waals surface area contributed by atoms with Crippen molar-refractivity contribution < 1.29 is 38.2 Å². The van der Waals surface area contributed by atoms with Crippen molar-refractivity contribution in [3.8, 4) is 12.1 Å². The van der Waals surface area contributed by atoms with Gasteiger partial charge in [-0.3, -0.25) is 28.8 Å². The first-order valence-electron chi connectivity index (χ1n) is 13.4. The molecule has 0 heterocycles. The Kier molecular flexibility index (Phi) is 8.86. The Balaban J connectivity index is 1.33. The third kappa shape index (κ3) is 6.77. The summed E-state index contributed by atoms with van der Waals surface area (Å²) in [5.74, 6) is -4.85. The minimum Gasteiger partial charge on any atom is -0.422 e. The fourth-order valence-electron chi connectivity index (χ4n) is 4.25. The summed E-state index contributed by atoms with van der Waals surface area (Å²) in [4.78, 5) is 74.8. The van der Waals surface area contributed by atoms with Crippen LogP contribution in [0.25, 0.3) is 0 Å². The maximum atomic E-state index is 12.6. The first kappa shape index (κ1) is 31.1. The number of carbonyl (C=O) groups excluding carboxylic acids is 6. The first-order chi connectivity index (χ1) is 20.9. The predicted octanol–water partition coefficient (Wildman–Crippen LogP) is 4.58. The number of benzene rings is 2. The summed E-state index contributed by atoms with van der Waals surface area (Å²) in [5.41, 5.74) is -2.55. The number of nitrogens with zero attached hydrogens (tertiary/aromatic N) is 4. The SMILES string of the molecule is CC(C#N)(CCC(=O)OC1=CC(=O)c2ccccc2C1=O)N=NC(C)(C#N)CCC(=O)OC1=CC(=O)c2ccccc2C1=O. The molecule has 0 aliphatic heterocycles. The van der Waals surface area contributed by atoms with Gasteiger partial charge in [0.25, 0.3) is 0 Å². The molecule has 0 bridgehead atoms. The van der Waals surface area contributed by atoms with E-state index in [1.165, 1.54) is 38.1 Å². The highest BCUT2D eigenvalue weighted by Gasteiger charge is 2.33. The Morgan fingerprint density at radius 1 is 0.659 bits per heavy atom. The normalized spacial score (nSPS) is 16.7. The van der Waals surface area contributed by atoms with Crippen LogP contribution in [0, 0.1) is 22.7 Å². The van der Waals surface area contributed by atoms with Crippen LogP contribution in [0.2, 0.25) is 0 Å². The number of ether oxygens (including phenoxy) is 2. The lowest BCUT2D eigenvalue weighted by Crippen LogP contribution is -2.26. The molecule has 2 atom stereocenters. The topological polar surface area (TPSA) is 193 Å². The van der Waals surface area contributed by atoms with Gasteiger partial charge in [-0.15, -0.1) is 0 Å². The second-order valence-corrected chi connectivity index (χ2v) is 10.4. The molecule has 2 unspecified atom stereocenters. The van der Waals surface area contributed by atoms with Crippen LogP contribution in [0.3, 0.4) is 0 Å². The van der Waals surface area contributed by atoms with Crippen LogP contribution in [-0.2, 0) is 19.1 Å². The molecule has 220 valence electrons. The van der Waals surface area contributed by atoms with Crippen molar-refractivity contribution in [3.63, 3.8) is 0 Å². The van der Waals surface area contributed by atoms with Crippen molar-refractivity contribution in [2.24, 2.45) is 10.2 Å². The van der Waals surface area contributed by atoms with Gasteiger partial charge >= 0.3 is 11.9 Å². The van der Waals surface area contributed by atoms with E-state index in [2.05, 4.69) is 10.2 Å². The Morgan fingerprint density at radius 2 is 1.00 bits per heavy atom. The van der Waals surface area contributed by atoms with Crippen molar-refractivity contribution in [2.75, 3.05) is 0 Å². The Bertz CT molecular complexity index is 1660. The van der Waals surface area contributed by atoms with Crippen LogP contribution in [0.5, 0.6) is 0 Å². The van der Waals surface area contributed by atoms with Crippen LogP contribution in [0.4, 0.5) is 0 Å². The monoisotopic (exact) mass is 592 g/mol. The van der Waals surface area contributed by atoms with Gasteiger partial charge in [0.2, 0.25) is 11.6 Å². The van der Waals surface area contributed by atoms with E-state index in [-0.39, 0.29) is 47.9 Å². The molecule has 2 aromatic carbocycles. The van der Waals surface area contributed by atoms with Crippen LogP contribution in [0.15, 0.2) is 82.4 Å². The molecule has 0 saturated carbocycles. The molecule has 44 heavy (non-hydrogen) atoms. The summed E-state index contributed by atoms with van der Waals surface area (Å²) in [5, 5.41) is 27.3. The maximum Gasteiger partial charge on any atom is 0.311 e. The van der Waals surface area contributed by atoms with E-state index in [1.807, 2.05) is 12.1 Å². The molecular formula is C32H24N4O8. The van der Waals surface area contributed by atoms with Crippen molar-refractivity contribution in [1.82, 2.24) is 0 Å². The van der Waals surface area contributed by atoms with Crippen molar-refractivity contribution in [2.45, 2.75) is 50.6 Å². The number of ketones is 4. The van der Waals surface area contributed by atoms with E-state index in [4.69, 9.17) is 9.47 Å². The number of hydrogen-bond donors (Lipinski definition) is 0. The maximum absolute atomic E-state index is 12.6. The molecule has 0 N–H and O–H groups in total. The van der Waals surface area contributed by atoms with E-state index in [0.717, 1.165) is 12.2 Å². The molecule has 0 spiro atoms. The van der Waals surface area contributed by atoms with Crippen molar-refractivity contribution in [3.05, 3.63) is 94.5 Å². The second-order valence-electron chi connectivity index (χ2n) is 10.4. The number of esters is 2. The summed E-state index contributed by atoms with van der Waals surface area (Å²) in [7, 11) is 0. The standard InChI is InChI=1S/C32H24N4O8/c1-31(17-33,13-11-27(39)43-25-15-23(37)19-7-3-5-9-21(19)29(25)41)35-36-32(2,18-34)14-12-28(40)44-26-16-24(38)20-8-4-6-10-22(20)30(26)42/h3-10,15-16H,11-14H2,1-2H3. The van der Waals surface area contributed by atoms with Gasteiger partial charge in [-0.25, -0.2) is 0 Å². The Hall–Kier alpha value is -5.88. The third-order valence-electron chi connectivity index (χ3n) is 6.90. The van der Waals surface area contributed by atoms with Crippen molar-refractivity contribution in [1.29, 1.82) is 10.5 Å². The number of carbonyl (C=O) groups is 6. The minimum absolute atomic E-state index is 0.110. The Morgan fingerprint density at radius 3 is 1.34 bits per heavy atom. The number of azo groups is 1. The molecule has 0 fully saturated rings. The van der Waals surface area contributed by atoms with Gasteiger partial charge in [-0.1, -0.05) is 48.5 Å². The largest absolute Gasteiger partial charge is 0.422 e. The van der Waals surface area contributed by atoms with Crippen molar-refractivity contribution >= 4 is 35.1 Å². The van der Waals surface area contributed by atoms with Gasteiger partial charge in [-0.05, 0) is 26.7 Å². The summed E-state index contributed by atoms with van der Waals surface area (Å²) in [6.07, 6.45) is 0.730. The summed E-state index contributed by atoms with van der Waals surface area (Å²) in [6, 6.07) is 16.1. The number of rotatable bonds is 10. The zero-order valence-corrected chi connectivity index (χ0v) is 23.7. The molecule has 12 heteroatoms. The zero-order chi connectivity index (χ0) is 32.1. The molecule has 0 aromatic heterocycles. The molecular weight excluding hydrogens is 568 g/mol. The highest BCUT2D eigenvalue weighted by molar-refractivity contribution is 6.25. The first-order valence-corrected chi connectivity index (χ1v) is 13.4. The lowest BCUT2D eigenvalue weighted by atomic mass is 9.93. The number of hydrogen-bond acceptors (Lipinski definition) is 12. The van der Waals surface area contributed by atoms with Gasteiger partial charge in [0, 0.05) is 47.2 Å². The molecule has 2 aliphatic carbocycles. The fourth-order valence-corrected chi connectivity index (χ4v) is 4.25. The average Bonchev–Trinajstić information content (AvgIpc) is 3.03. The summed E-state index contributed by atoms with van der Waals surface area (Å²) in [6.45, 7) is 2.74. The molecule has 0 amide bonds. The summed E-state index contributed by atoms with van der Waals surface area (Å²) < 4.78 is 10.2. The number of fused-ring (bicyclic) bond motifs is 2. The quantitative estimate of drug-likeness (QED) is 0.278. The number of nitriles is 2. The zero-order valence-electron chi connectivity index (χ0n) is 23.7. The van der Waals surface area contributed by atoms with E-state index in [1.54, 1.807) is 24.3 Å². The number of Topliss-reactive ketones (excluding diaryl/α,β-unsaturated/α-hetero) is 2. The highest BCUT2D eigenvalue weighted by atomic mass is 16.5. The van der Waals surface area contributed by atoms with Crippen LogP contribution >= 0.6 is 0 Å². The molecule has 2 aromatic rings. The molecule has 0 radical (unpaired) electrons. The van der Waals surface area contributed by atoms with Crippen LogP contribution in [-0.4, -0.2) is 46.1 Å². The van der Waals surface area contributed by atoms with E-state index in [9.17, 15) is 39.3 Å². The Labute approximate surface area is 251 Å². The molecule has 2 aliphatic rings. The van der Waals surface area contributed by atoms with Crippen LogP contribution < -0.4 is 0 Å². The third-order valence-corrected chi connectivity index (χ3v) is 6.90. The fraction of sp³-hybridized carbons (Fsp3) is 0.250. The van der Waals surface area contributed by atoms with E-state index < -0.39 is 57.7 Å². The van der Waals surface area contributed by atoms with Gasteiger partial charge in [0.1, 0.15) is 0 Å². The molecule has 12 nitrogen and oxygen atoms in total. The highest BCUT2D eigenvalue weighted by Crippen LogP contribution is 2.27. The lowest BCUT2D eigenvalue weighted by molar-refractivity contribution is -0.140. The average molecular weight is 593 g/mol. The minimum atomic E-state index is -1.59. The molecule has 0 saturated heterocycles. The van der Waals surface area contributed by atoms with E-state index in [0.29, 0.717) is 0 Å². The lowest BCUT2D eigenvalue weighted by Gasteiger charge is -2.20. The van der Waals surface area contributed by atoms with Gasteiger partial charge in [-0.2, -0.15) is 20.8 Å². The molecule has 4 rings (SSSR count). The number of allylic oxidation sites excluding steroid dienone is 4. The predicted molar refractivity (Wildman–Crippen MR) is 150 cm³/mol. The van der Waals surface area contributed by atoms with E-state index >= 15 is 0 Å². The second kappa shape index (κ2) is 12.5. The van der Waals surface area contributed by atoms with Gasteiger partial charge in [0.15, 0.2) is 34.2 Å². The smallest absolute Gasteiger partial charge is 0.311 e. The van der Waals surface area contributed by atoms with Gasteiger partial charge < -0.3 is 9.47 Å².